The number of benzene rings is 2. The summed E-state index contributed by atoms with van der Waals surface area (Å²) in [6.07, 6.45) is 1.53. The van der Waals surface area contributed by atoms with Crippen molar-refractivity contribution in [2.45, 2.75) is 0 Å². The second-order valence-electron chi connectivity index (χ2n) is 6.61. The van der Waals surface area contributed by atoms with E-state index in [1.165, 1.54) is 6.08 Å². The number of carbonyl (C=O) groups is 2. The van der Waals surface area contributed by atoms with Gasteiger partial charge in [0.25, 0.3) is 11.8 Å². The minimum Gasteiger partial charge on any atom is -0.484 e. The monoisotopic (exact) mass is 459 g/mol. The van der Waals surface area contributed by atoms with Crippen molar-refractivity contribution in [2.24, 2.45) is 0 Å². The first-order valence-electron chi connectivity index (χ1n) is 9.43. The van der Waals surface area contributed by atoms with E-state index in [-0.39, 0.29) is 24.0 Å². The third kappa shape index (κ3) is 6.46. The Hall–Kier alpha value is -3.05. The molecule has 0 unspecified atom stereocenters. The Morgan fingerprint density at radius 2 is 1.84 bits per heavy atom. The Morgan fingerprint density at radius 3 is 2.48 bits per heavy atom. The van der Waals surface area contributed by atoms with Gasteiger partial charge in [-0.1, -0.05) is 35.3 Å². The summed E-state index contributed by atoms with van der Waals surface area (Å²) in [5.74, 6) is -0.199. The molecule has 0 atom stereocenters. The summed E-state index contributed by atoms with van der Waals surface area (Å²) in [6, 6.07) is 13.5. The number of ether oxygens (including phenoxy) is 2. The predicted octanol–water partition coefficient (Wildman–Crippen LogP) is 3.78. The number of nitrogens with one attached hydrogen (secondary N) is 1. The molecule has 0 aromatic heterocycles. The van der Waals surface area contributed by atoms with E-state index in [0.717, 1.165) is 0 Å². The average molecular weight is 460 g/mol. The molecule has 31 heavy (non-hydrogen) atoms. The van der Waals surface area contributed by atoms with Gasteiger partial charge in [-0.2, -0.15) is 5.26 Å². The third-order valence-corrected chi connectivity index (χ3v) is 5.15. The van der Waals surface area contributed by atoms with Crippen molar-refractivity contribution in [3.05, 3.63) is 63.6 Å². The first-order chi connectivity index (χ1) is 15.0. The highest BCUT2D eigenvalue weighted by Gasteiger charge is 2.20. The third-order valence-electron chi connectivity index (χ3n) is 4.41. The van der Waals surface area contributed by atoms with Crippen molar-refractivity contribution < 1.29 is 19.1 Å². The zero-order chi connectivity index (χ0) is 22.2. The fourth-order valence-electron chi connectivity index (χ4n) is 2.83. The maximum atomic E-state index is 12.5. The summed E-state index contributed by atoms with van der Waals surface area (Å²) in [4.78, 5) is 26.1. The number of morpholine rings is 1. The van der Waals surface area contributed by atoms with Gasteiger partial charge in [0.05, 0.1) is 23.3 Å². The zero-order valence-electron chi connectivity index (χ0n) is 16.4. The van der Waals surface area contributed by atoms with Gasteiger partial charge >= 0.3 is 0 Å². The lowest BCUT2D eigenvalue weighted by Crippen LogP contribution is -2.41. The SMILES string of the molecule is N#C/C(=C\c1ccc(OCC(=O)Nc2ccc(Cl)c(Cl)c2)cc1)C(=O)N1CCOCC1. The summed E-state index contributed by atoms with van der Waals surface area (Å²) in [5, 5.41) is 12.8. The topological polar surface area (TPSA) is 91.7 Å². The molecule has 2 amide bonds. The van der Waals surface area contributed by atoms with Gasteiger partial charge in [-0.15, -0.1) is 0 Å². The van der Waals surface area contributed by atoms with Crippen LogP contribution in [0.25, 0.3) is 6.08 Å². The summed E-state index contributed by atoms with van der Waals surface area (Å²) < 4.78 is 10.7. The first kappa shape index (κ1) is 22.6. The molecular formula is C22H19Cl2N3O4. The number of amides is 2. The molecule has 2 aromatic carbocycles. The van der Waals surface area contributed by atoms with Gasteiger partial charge in [-0.05, 0) is 42.0 Å². The highest BCUT2D eigenvalue weighted by molar-refractivity contribution is 6.42. The van der Waals surface area contributed by atoms with E-state index < -0.39 is 0 Å². The van der Waals surface area contributed by atoms with Crippen LogP contribution in [0.3, 0.4) is 0 Å². The lowest BCUT2D eigenvalue weighted by Gasteiger charge is -2.26. The van der Waals surface area contributed by atoms with E-state index in [2.05, 4.69) is 5.32 Å². The number of nitrogens with zero attached hydrogens (tertiary/aromatic N) is 2. The quantitative estimate of drug-likeness (QED) is 0.524. The number of hydrogen-bond donors (Lipinski definition) is 1. The van der Waals surface area contributed by atoms with E-state index in [0.29, 0.717) is 53.3 Å². The van der Waals surface area contributed by atoms with Gasteiger partial charge in [0, 0.05) is 18.8 Å². The Morgan fingerprint density at radius 1 is 1.13 bits per heavy atom. The predicted molar refractivity (Wildman–Crippen MR) is 118 cm³/mol. The molecule has 0 radical (unpaired) electrons. The molecule has 7 nitrogen and oxygen atoms in total. The van der Waals surface area contributed by atoms with Crippen molar-refractivity contribution in [3.8, 4) is 11.8 Å². The highest BCUT2D eigenvalue weighted by atomic mass is 35.5. The molecule has 0 aliphatic carbocycles. The van der Waals surface area contributed by atoms with Crippen LogP contribution in [0, 0.1) is 11.3 Å². The second-order valence-corrected chi connectivity index (χ2v) is 7.42. The smallest absolute Gasteiger partial charge is 0.264 e. The molecule has 0 spiro atoms. The van der Waals surface area contributed by atoms with Gasteiger partial charge < -0.3 is 19.7 Å². The Kier molecular flexibility index (Phi) is 7.90. The van der Waals surface area contributed by atoms with Crippen LogP contribution in [0.2, 0.25) is 10.0 Å². The standard InChI is InChI=1S/C22H19Cl2N3O4/c23-19-6-3-17(12-20(19)24)26-21(28)14-31-18-4-1-15(2-5-18)11-16(13-25)22(29)27-7-9-30-10-8-27/h1-6,11-12H,7-10,14H2,(H,26,28)/b16-11+. The number of anilines is 1. The van der Waals surface area contributed by atoms with Gasteiger partial charge in [0.1, 0.15) is 17.4 Å². The van der Waals surface area contributed by atoms with Gasteiger partial charge in [-0.25, -0.2) is 0 Å². The number of nitriles is 1. The van der Waals surface area contributed by atoms with Gasteiger partial charge in [0.15, 0.2) is 6.61 Å². The molecule has 1 aliphatic rings. The molecule has 3 rings (SSSR count). The minimum atomic E-state index is -0.356. The number of hydrogen-bond acceptors (Lipinski definition) is 5. The molecular weight excluding hydrogens is 441 g/mol. The molecule has 1 aliphatic heterocycles. The van der Waals surface area contributed by atoms with E-state index in [1.54, 1.807) is 47.4 Å². The summed E-state index contributed by atoms with van der Waals surface area (Å²) in [7, 11) is 0. The van der Waals surface area contributed by atoms with Crippen LogP contribution >= 0.6 is 23.2 Å². The number of rotatable bonds is 6. The Balaban J connectivity index is 1.56. The van der Waals surface area contributed by atoms with E-state index in [1.807, 2.05) is 6.07 Å². The van der Waals surface area contributed by atoms with Crippen LogP contribution in [-0.4, -0.2) is 49.6 Å². The molecule has 2 aromatic rings. The molecule has 0 saturated carbocycles. The molecule has 1 fully saturated rings. The Bertz CT molecular complexity index is 1030. The molecule has 1 saturated heterocycles. The number of halogens is 2. The molecule has 1 N–H and O–H groups in total. The number of carbonyl (C=O) groups excluding carboxylic acids is 2. The van der Waals surface area contributed by atoms with Crippen molar-refractivity contribution >= 4 is 46.8 Å². The van der Waals surface area contributed by atoms with E-state index in [9.17, 15) is 14.9 Å². The largest absolute Gasteiger partial charge is 0.484 e. The summed E-state index contributed by atoms with van der Waals surface area (Å²) in [5.41, 5.74) is 1.24. The lowest BCUT2D eigenvalue weighted by atomic mass is 10.1. The van der Waals surface area contributed by atoms with Crippen LogP contribution in [0.15, 0.2) is 48.0 Å². The Labute approximate surface area is 189 Å². The zero-order valence-corrected chi connectivity index (χ0v) is 17.9. The maximum Gasteiger partial charge on any atom is 0.264 e. The van der Waals surface area contributed by atoms with Crippen LogP contribution in [0.4, 0.5) is 5.69 Å². The van der Waals surface area contributed by atoms with Gasteiger partial charge in [0.2, 0.25) is 0 Å². The molecule has 9 heteroatoms. The molecule has 0 bridgehead atoms. The van der Waals surface area contributed by atoms with E-state index >= 15 is 0 Å². The fourth-order valence-corrected chi connectivity index (χ4v) is 3.12. The van der Waals surface area contributed by atoms with Crippen molar-refractivity contribution in [3.63, 3.8) is 0 Å². The van der Waals surface area contributed by atoms with Crippen molar-refractivity contribution in [2.75, 3.05) is 38.2 Å². The van der Waals surface area contributed by atoms with Crippen LogP contribution in [0.1, 0.15) is 5.56 Å². The summed E-state index contributed by atoms with van der Waals surface area (Å²) in [6.45, 7) is 1.67. The van der Waals surface area contributed by atoms with Crippen LogP contribution < -0.4 is 10.1 Å². The van der Waals surface area contributed by atoms with Crippen LogP contribution in [0.5, 0.6) is 5.75 Å². The van der Waals surface area contributed by atoms with Gasteiger partial charge in [-0.3, -0.25) is 9.59 Å². The molecule has 160 valence electrons. The van der Waals surface area contributed by atoms with Crippen molar-refractivity contribution in [1.82, 2.24) is 4.90 Å². The first-order valence-corrected chi connectivity index (χ1v) is 10.2. The maximum absolute atomic E-state index is 12.5. The normalized spacial score (nSPS) is 14.0. The highest BCUT2D eigenvalue weighted by Crippen LogP contribution is 2.25. The van der Waals surface area contributed by atoms with Crippen molar-refractivity contribution in [1.29, 1.82) is 5.26 Å². The average Bonchev–Trinajstić information content (AvgIpc) is 2.79. The minimum absolute atomic E-state index is 0.0524. The second kappa shape index (κ2) is 10.8. The molecule has 1 heterocycles. The summed E-state index contributed by atoms with van der Waals surface area (Å²) >= 11 is 11.8. The fraction of sp³-hybridized carbons (Fsp3) is 0.227. The lowest BCUT2D eigenvalue weighted by molar-refractivity contribution is -0.130. The van der Waals surface area contributed by atoms with Crippen LogP contribution in [-0.2, 0) is 14.3 Å². The van der Waals surface area contributed by atoms with E-state index in [4.69, 9.17) is 32.7 Å².